The van der Waals surface area contributed by atoms with E-state index in [0.29, 0.717) is 42.9 Å². The molecule has 0 aliphatic carbocycles. The molecule has 1 fully saturated rings. The number of ether oxygens (including phenoxy) is 2. The van der Waals surface area contributed by atoms with Crippen LogP contribution in [0.15, 0.2) is 60.8 Å². The van der Waals surface area contributed by atoms with Gasteiger partial charge in [-0.25, -0.2) is 4.68 Å². The third kappa shape index (κ3) is 4.17. The highest BCUT2D eigenvalue weighted by Gasteiger charge is 2.31. The maximum atomic E-state index is 13.5. The minimum absolute atomic E-state index is 0.105. The summed E-state index contributed by atoms with van der Waals surface area (Å²) in [6.07, 6.45) is 2.95. The van der Waals surface area contributed by atoms with E-state index in [1.807, 2.05) is 54.6 Å². The van der Waals surface area contributed by atoms with Gasteiger partial charge in [0.2, 0.25) is 0 Å². The van der Waals surface area contributed by atoms with Crippen LogP contribution < -0.4 is 4.74 Å². The van der Waals surface area contributed by atoms with Crippen LogP contribution in [0.1, 0.15) is 23.2 Å². The second-order valence-electron chi connectivity index (χ2n) is 7.46. The standard InChI is InChI=1S/C24H25N3O4/c1-30-21-11-7-6-10-19(21)22-20(16-27(25-22)18-8-4-3-5-9-18)23(28)26-14-12-17(13-15-26)24(29)31-2/h3-11,16-17H,12-15H2,1-2H3. The highest BCUT2D eigenvalue weighted by molar-refractivity contribution is 6.00. The summed E-state index contributed by atoms with van der Waals surface area (Å²) in [6, 6.07) is 17.2. The van der Waals surface area contributed by atoms with Crippen LogP contribution >= 0.6 is 0 Å². The molecule has 0 bridgehead atoms. The van der Waals surface area contributed by atoms with E-state index in [9.17, 15) is 9.59 Å². The van der Waals surface area contributed by atoms with E-state index < -0.39 is 0 Å². The molecule has 0 atom stereocenters. The average molecular weight is 419 g/mol. The molecule has 2 aromatic carbocycles. The number of rotatable bonds is 5. The van der Waals surface area contributed by atoms with Crippen molar-refractivity contribution in [3.05, 3.63) is 66.4 Å². The van der Waals surface area contributed by atoms with Gasteiger partial charge in [-0.2, -0.15) is 5.10 Å². The number of nitrogens with zero attached hydrogens (tertiary/aromatic N) is 3. The second kappa shape index (κ2) is 9.04. The first-order chi connectivity index (χ1) is 15.1. The van der Waals surface area contributed by atoms with Gasteiger partial charge in [-0.1, -0.05) is 30.3 Å². The Morgan fingerprint density at radius 3 is 2.32 bits per heavy atom. The molecule has 7 heteroatoms. The molecular formula is C24H25N3O4. The normalized spacial score (nSPS) is 14.3. The van der Waals surface area contributed by atoms with Crippen molar-refractivity contribution < 1.29 is 19.1 Å². The Hall–Kier alpha value is -3.61. The predicted octanol–water partition coefficient (Wildman–Crippen LogP) is 3.57. The molecule has 0 saturated carbocycles. The van der Waals surface area contributed by atoms with E-state index >= 15 is 0 Å². The lowest BCUT2D eigenvalue weighted by Crippen LogP contribution is -2.40. The first-order valence-electron chi connectivity index (χ1n) is 10.3. The number of likely N-dealkylation sites (tertiary alicyclic amines) is 1. The van der Waals surface area contributed by atoms with Gasteiger partial charge in [0.05, 0.1) is 31.4 Å². The van der Waals surface area contributed by atoms with Crippen LogP contribution in [-0.2, 0) is 9.53 Å². The Kier molecular flexibility index (Phi) is 6.02. The molecule has 0 spiro atoms. The fraction of sp³-hybridized carbons (Fsp3) is 0.292. The highest BCUT2D eigenvalue weighted by Crippen LogP contribution is 2.33. The van der Waals surface area contributed by atoms with E-state index in [0.717, 1.165) is 11.3 Å². The van der Waals surface area contributed by atoms with E-state index in [1.54, 1.807) is 22.9 Å². The summed E-state index contributed by atoms with van der Waals surface area (Å²) in [5.74, 6) is 0.180. The number of amides is 1. The number of piperidine rings is 1. The van der Waals surface area contributed by atoms with Crippen molar-refractivity contribution in [3.8, 4) is 22.7 Å². The Morgan fingerprint density at radius 2 is 1.65 bits per heavy atom. The van der Waals surface area contributed by atoms with Gasteiger partial charge in [0.25, 0.3) is 5.91 Å². The largest absolute Gasteiger partial charge is 0.496 e. The lowest BCUT2D eigenvalue weighted by atomic mass is 9.96. The average Bonchev–Trinajstić information content (AvgIpc) is 3.29. The van der Waals surface area contributed by atoms with Crippen molar-refractivity contribution in [2.75, 3.05) is 27.3 Å². The highest BCUT2D eigenvalue weighted by atomic mass is 16.5. The molecule has 1 aromatic heterocycles. The van der Waals surface area contributed by atoms with Gasteiger partial charge in [0.15, 0.2) is 0 Å². The quantitative estimate of drug-likeness (QED) is 0.591. The molecular weight excluding hydrogens is 394 g/mol. The Morgan fingerprint density at radius 1 is 0.968 bits per heavy atom. The van der Waals surface area contributed by atoms with Gasteiger partial charge in [0, 0.05) is 24.8 Å². The van der Waals surface area contributed by atoms with Crippen molar-refractivity contribution in [1.82, 2.24) is 14.7 Å². The monoisotopic (exact) mass is 419 g/mol. The molecule has 2 heterocycles. The van der Waals surface area contributed by atoms with Crippen LogP contribution in [0.25, 0.3) is 16.9 Å². The minimum atomic E-state index is -0.210. The first kappa shape index (κ1) is 20.7. The van der Waals surface area contributed by atoms with Crippen molar-refractivity contribution in [2.24, 2.45) is 5.92 Å². The zero-order valence-electron chi connectivity index (χ0n) is 17.7. The number of carbonyl (C=O) groups is 2. The summed E-state index contributed by atoms with van der Waals surface area (Å²) in [7, 11) is 3.00. The number of benzene rings is 2. The number of esters is 1. The Labute approximate surface area is 181 Å². The van der Waals surface area contributed by atoms with Crippen molar-refractivity contribution >= 4 is 11.9 Å². The minimum Gasteiger partial charge on any atom is -0.496 e. The molecule has 1 amide bonds. The summed E-state index contributed by atoms with van der Waals surface area (Å²) in [6.45, 7) is 1.00. The Balaban J connectivity index is 1.70. The molecule has 160 valence electrons. The topological polar surface area (TPSA) is 73.7 Å². The third-order valence-electron chi connectivity index (χ3n) is 5.64. The summed E-state index contributed by atoms with van der Waals surface area (Å²) < 4.78 is 12.1. The van der Waals surface area contributed by atoms with Gasteiger partial charge in [-0.3, -0.25) is 9.59 Å². The van der Waals surface area contributed by atoms with Crippen LogP contribution in [0.4, 0.5) is 0 Å². The first-order valence-corrected chi connectivity index (χ1v) is 10.3. The molecule has 3 aromatic rings. The number of methoxy groups -OCH3 is 2. The number of carbonyl (C=O) groups excluding carboxylic acids is 2. The molecule has 0 unspecified atom stereocenters. The van der Waals surface area contributed by atoms with E-state index in [1.165, 1.54) is 7.11 Å². The van der Waals surface area contributed by atoms with Gasteiger partial charge in [-0.05, 0) is 37.1 Å². The lowest BCUT2D eigenvalue weighted by molar-refractivity contribution is -0.146. The smallest absolute Gasteiger partial charge is 0.308 e. The summed E-state index contributed by atoms with van der Waals surface area (Å²) in [4.78, 5) is 27.1. The number of hydrogen-bond acceptors (Lipinski definition) is 5. The second-order valence-corrected chi connectivity index (χ2v) is 7.46. The Bertz CT molecular complexity index is 1070. The molecule has 4 rings (SSSR count). The molecule has 1 aliphatic heterocycles. The molecule has 0 N–H and O–H groups in total. The van der Waals surface area contributed by atoms with Crippen LogP contribution in [0, 0.1) is 5.92 Å². The number of hydrogen-bond donors (Lipinski definition) is 0. The van der Waals surface area contributed by atoms with Crippen LogP contribution in [0.3, 0.4) is 0 Å². The van der Waals surface area contributed by atoms with Crippen molar-refractivity contribution in [3.63, 3.8) is 0 Å². The van der Waals surface area contributed by atoms with Gasteiger partial charge in [-0.15, -0.1) is 0 Å². The fourth-order valence-corrected chi connectivity index (χ4v) is 3.94. The van der Waals surface area contributed by atoms with E-state index in [4.69, 9.17) is 14.6 Å². The number of aromatic nitrogens is 2. The molecule has 7 nitrogen and oxygen atoms in total. The summed E-state index contributed by atoms with van der Waals surface area (Å²) in [5.41, 5.74) is 2.70. The van der Waals surface area contributed by atoms with Gasteiger partial charge in [0.1, 0.15) is 11.4 Å². The summed E-state index contributed by atoms with van der Waals surface area (Å²) >= 11 is 0. The zero-order chi connectivity index (χ0) is 21.8. The van der Waals surface area contributed by atoms with Gasteiger partial charge < -0.3 is 14.4 Å². The van der Waals surface area contributed by atoms with Gasteiger partial charge >= 0.3 is 5.97 Å². The van der Waals surface area contributed by atoms with Crippen LogP contribution in [0.5, 0.6) is 5.75 Å². The maximum Gasteiger partial charge on any atom is 0.308 e. The van der Waals surface area contributed by atoms with E-state index in [-0.39, 0.29) is 17.8 Å². The third-order valence-corrected chi connectivity index (χ3v) is 5.64. The van der Waals surface area contributed by atoms with Crippen molar-refractivity contribution in [1.29, 1.82) is 0 Å². The predicted molar refractivity (Wildman–Crippen MR) is 116 cm³/mol. The van der Waals surface area contributed by atoms with Crippen LogP contribution in [0.2, 0.25) is 0 Å². The SMILES string of the molecule is COC(=O)C1CCN(C(=O)c2cn(-c3ccccc3)nc2-c2ccccc2OC)CC1. The van der Waals surface area contributed by atoms with Crippen molar-refractivity contribution in [2.45, 2.75) is 12.8 Å². The lowest BCUT2D eigenvalue weighted by Gasteiger charge is -2.30. The maximum absolute atomic E-state index is 13.5. The number of para-hydroxylation sites is 2. The molecule has 31 heavy (non-hydrogen) atoms. The molecule has 0 radical (unpaired) electrons. The zero-order valence-corrected chi connectivity index (χ0v) is 17.7. The fourth-order valence-electron chi connectivity index (χ4n) is 3.94. The van der Waals surface area contributed by atoms with Crippen LogP contribution in [-0.4, -0.2) is 53.9 Å². The van der Waals surface area contributed by atoms with E-state index in [2.05, 4.69) is 0 Å². The molecule has 1 aliphatic rings. The molecule has 1 saturated heterocycles. The summed E-state index contributed by atoms with van der Waals surface area (Å²) in [5, 5.41) is 4.75.